The molecule has 26 heavy (non-hydrogen) atoms. The molecule has 1 atom stereocenters. The van der Waals surface area contributed by atoms with Crippen molar-refractivity contribution in [3.8, 4) is 0 Å². The summed E-state index contributed by atoms with van der Waals surface area (Å²) in [6.07, 6.45) is 3.48. The molecule has 0 aromatic heterocycles. The number of hydrogen-bond acceptors (Lipinski definition) is 4. The summed E-state index contributed by atoms with van der Waals surface area (Å²) in [6.45, 7) is 1.57. The van der Waals surface area contributed by atoms with Crippen molar-refractivity contribution >= 4 is 61.2 Å². The van der Waals surface area contributed by atoms with E-state index in [1.54, 1.807) is 0 Å². The van der Waals surface area contributed by atoms with Crippen molar-refractivity contribution in [2.24, 2.45) is 0 Å². The quantitative estimate of drug-likeness (QED) is 0.218. The summed E-state index contributed by atoms with van der Waals surface area (Å²) >= 11 is 11.7. The Morgan fingerprint density at radius 1 is 0.923 bits per heavy atom. The molecule has 1 aliphatic rings. The Balaban J connectivity index is 2.57. The molecular weight excluding hydrogens is 491 g/mol. The molecule has 1 saturated carbocycles. The van der Waals surface area contributed by atoms with Crippen LogP contribution in [0.5, 0.6) is 0 Å². The second-order valence-electron chi connectivity index (χ2n) is 5.81. The summed E-state index contributed by atoms with van der Waals surface area (Å²) in [6, 6.07) is -0.137. The lowest BCUT2D eigenvalue weighted by Crippen LogP contribution is -2.43. The number of rotatable bonds is 13. The van der Waals surface area contributed by atoms with Crippen molar-refractivity contribution in [1.82, 2.24) is 21.3 Å². The number of halogens is 3. The maximum absolute atomic E-state index is 11.9. The molecular formula is C16H25Br2ClN4O3. The topological polar surface area (TPSA) is 99.3 Å². The van der Waals surface area contributed by atoms with E-state index >= 15 is 0 Å². The molecule has 7 nitrogen and oxygen atoms in total. The summed E-state index contributed by atoms with van der Waals surface area (Å²) in [5, 5.41) is 12.4. The molecule has 0 saturated heterocycles. The number of carbonyl (C=O) groups excluding carboxylic acids is 3. The van der Waals surface area contributed by atoms with Gasteiger partial charge in [-0.15, -0.1) is 11.6 Å². The van der Waals surface area contributed by atoms with Crippen LogP contribution in [0.2, 0.25) is 0 Å². The molecule has 0 aliphatic heterocycles. The Morgan fingerprint density at radius 3 is 2.12 bits per heavy atom. The van der Waals surface area contributed by atoms with E-state index in [4.69, 9.17) is 11.6 Å². The third-order valence-corrected chi connectivity index (χ3v) is 4.94. The third-order valence-electron chi connectivity index (χ3n) is 3.68. The van der Waals surface area contributed by atoms with Gasteiger partial charge in [-0.1, -0.05) is 31.9 Å². The second-order valence-corrected chi connectivity index (χ2v) is 7.20. The van der Waals surface area contributed by atoms with Crippen LogP contribution in [-0.2, 0) is 14.4 Å². The van der Waals surface area contributed by atoms with Gasteiger partial charge in [0, 0.05) is 25.3 Å². The molecule has 1 fully saturated rings. The second kappa shape index (κ2) is 13.4. The van der Waals surface area contributed by atoms with Crippen molar-refractivity contribution in [3.05, 3.63) is 11.3 Å². The smallest absolute Gasteiger partial charge is 0.234 e. The highest BCUT2D eigenvalue weighted by Crippen LogP contribution is 2.32. The average molecular weight is 517 g/mol. The van der Waals surface area contributed by atoms with Gasteiger partial charge in [-0.3, -0.25) is 14.4 Å². The molecule has 0 aromatic rings. The Labute approximate surface area is 175 Å². The van der Waals surface area contributed by atoms with E-state index in [9.17, 15) is 14.4 Å². The first-order valence-corrected chi connectivity index (χ1v) is 11.3. The Kier molecular flexibility index (Phi) is 12.0. The number of allylic oxidation sites excluding steroid dienone is 1. The van der Waals surface area contributed by atoms with E-state index in [1.165, 1.54) is 5.57 Å². The number of amides is 3. The van der Waals surface area contributed by atoms with Gasteiger partial charge >= 0.3 is 0 Å². The van der Waals surface area contributed by atoms with Gasteiger partial charge in [-0.05, 0) is 31.3 Å². The molecule has 148 valence electrons. The summed E-state index contributed by atoms with van der Waals surface area (Å²) in [5.74, 6) is -0.408. The lowest BCUT2D eigenvalue weighted by molar-refractivity contribution is -0.119. The van der Waals surface area contributed by atoms with E-state index in [-0.39, 0.29) is 40.3 Å². The third kappa shape index (κ3) is 9.78. The molecule has 0 spiro atoms. The lowest BCUT2D eigenvalue weighted by atomic mass is 10.1. The number of carbonyl (C=O) groups is 3. The van der Waals surface area contributed by atoms with E-state index < -0.39 is 0 Å². The van der Waals surface area contributed by atoms with Crippen LogP contribution in [0, 0.1) is 0 Å². The van der Waals surface area contributed by atoms with E-state index in [0.717, 1.165) is 25.0 Å². The first kappa shape index (κ1) is 23.2. The largest absolute Gasteiger partial charge is 0.385 e. The first-order chi connectivity index (χ1) is 12.5. The molecule has 1 aliphatic carbocycles. The molecule has 3 amide bonds. The van der Waals surface area contributed by atoms with Crippen molar-refractivity contribution < 1.29 is 14.4 Å². The Morgan fingerprint density at radius 2 is 1.54 bits per heavy atom. The van der Waals surface area contributed by atoms with Crippen molar-refractivity contribution in [2.75, 3.05) is 36.2 Å². The van der Waals surface area contributed by atoms with Crippen molar-refractivity contribution in [1.29, 1.82) is 0 Å². The fraction of sp³-hybridized carbons (Fsp3) is 0.688. The minimum Gasteiger partial charge on any atom is -0.385 e. The summed E-state index contributed by atoms with van der Waals surface area (Å²) in [4.78, 5) is 34.3. The summed E-state index contributed by atoms with van der Waals surface area (Å²) < 4.78 is 0. The lowest BCUT2D eigenvalue weighted by Gasteiger charge is -2.23. The zero-order valence-corrected chi connectivity index (χ0v) is 18.4. The average Bonchev–Trinajstić information content (AvgIpc) is 3.48. The standard InChI is InChI=1S/C16H25Br2ClN4O3/c17-8-13(24)20-5-1-2-12(23-14(25)9-18)16(11-3-4-11)22-7-6-21-15(26)10-19/h12,22H,1-10H2,(H,20,24)(H,21,26)(H,23,25). The summed E-state index contributed by atoms with van der Waals surface area (Å²) in [7, 11) is 0. The normalized spacial score (nSPS) is 13.6. The molecule has 4 N–H and O–H groups in total. The fourth-order valence-electron chi connectivity index (χ4n) is 2.38. The van der Waals surface area contributed by atoms with Gasteiger partial charge < -0.3 is 21.3 Å². The van der Waals surface area contributed by atoms with Gasteiger partial charge in [0.05, 0.1) is 16.7 Å². The molecule has 0 bridgehead atoms. The SMILES string of the molecule is O=C(CCl)NCCNC(=C1CC1)C(CCCNC(=O)CBr)NC(=O)CBr. The molecule has 1 unspecified atom stereocenters. The molecule has 10 heteroatoms. The first-order valence-electron chi connectivity index (χ1n) is 8.48. The minimum absolute atomic E-state index is 0.0556. The number of hydrogen-bond donors (Lipinski definition) is 4. The molecule has 0 aromatic carbocycles. The van der Waals surface area contributed by atoms with Crippen LogP contribution >= 0.6 is 43.5 Å². The zero-order valence-electron chi connectivity index (χ0n) is 14.5. The Bertz CT molecular complexity index is 526. The predicted molar refractivity (Wildman–Crippen MR) is 110 cm³/mol. The molecule has 0 heterocycles. The van der Waals surface area contributed by atoms with Gasteiger partial charge in [-0.25, -0.2) is 0 Å². The van der Waals surface area contributed by atoms with Gasteiger partial charge in [-0.2, -0.15) is 0 Å². The predicted octanol–water partition coefficient (Wildman–Crippen LogP) is 1.15. The molecule has 0 radical (unpaired) electrons. The van der Waals surface area contributed by atoms with Gasteiger partial charge in [0.2, 0.25) is 17.7 Å². The van der Waals surface area contributed by atoms with Crippen LogP contribution in [0.15, 0.2) is 11.3 Å². The van der Waals surface area contributed by atoms with Crippen molar-refractivity contribution in [3.63, 3.8) is 0 Å². The van der Waals surface area contributed by atoms with Crippen LogP contribution in [0.4, 0.5) is 0 Å². The van der Waals surface area contributed by atoms with Crippen LogP contribution in [0.3, 0.4) is 0 Å². The van der Waals surface area contributed by atoms with Crippen LogP contribution in [0.25, 0.3) is 0 Å². The zero-order chi connectivity index (χ0) is 19.4. The van der Waals surface area contributed by atoms with Crippen LogP contribution in [0.1, 0.15) is 25.7 Å². The van der Waals surface area contributed by atoms with Crippen LogP contribution in [-0.4, -0.2) is 59.9 Å². The molecule has 1 rings (SSSR count). The fourth-order valence-corrected chi connectivity index (χ4v) is 2.83. The van der Waals surface area contributed by atoms with Gasteiger partial charge in [0.15, 0.2) is 0 Å². The van der Waals surface area contributed by atoms with Gasteiger partial charge in [0.1, 0.15) is 5.88 Å². The highest BCUT2D eigenvalue weighted by molar-refractivity contribution is 9.09. The van der Waals surface area contributed by atoms with Crippen molar-refractivity contribution in [2.45, 2.75) is 31.7 Å². The number of alkyl halides is 3. The van der Waals surface area contributed by atoms with Gasteiger partial charge in [0.25, 0.3) is 0 Å². The highest BCUT2D eigenvalue weighted by atomic mass is 79.9. The highest BCUT2D eigenvalue weighted by Gasteiger charge is 2.25. The van der Waals surface area contributed by atoms with E-state index in [0.29, 0.717) is 26.1 Å². The maximum Gasteiger partial charge on any atom is 0.234 e. The minimum atomic E-state index is -0.208. The van der Waals surface area contributed by atoms with E-state index in [2.05, 4.69) is 53.1 Å². The Hall–Kier alpha value is -0.800. The monoisotopic (exact) mass is 514 g/mol. The maximum atomic E-state index is 11.9. The van der Waals surface area contributed by atoms with Crippen LogP contribution < -0.4 is 21.3 Å². The van der Waals surface area contributed by atoms with E-state index in [1.807, 2.05) is 0 Å². The number of nitrogens with one attached hydrogen (secondary N) is 4. The summed E-state index contributed by atoms with van der Waals surface area (Å²) in [5.41, 5.74) is 2.31.